The quantitative estimate of drug-likeness (QED) is 0.159. The Bertz CT molecular complexity index is 1390. The lowest BCUT2D eigenvalue weighted by Crippen LogP contribution is -2.37. The summed E-state index contributed by atoms with van der Waals surface area (Å²) in [6.45, 7) is 0.275. The summed E-state index contributed by atoms with van der Waals surface area (Å²) >= 11 is 0. The minimum absolute atomic E-state index is 0.0496. The zero-order valence-corrected chi connectivity index (χ0v) is 21.8. The van der Waals surface area contributed by atoms with E-state index in [1.807, 2.05) is 0 Å². The summed E-state index contributed by atoms with van der Waals surface area (Å²) in [4.78, 5) is 15.0. The second-order valence-electron chi connectivity index (χ2n) is 8.35. The van der Waals surface area contributed by atoms with Crippen LogP contribution in [0.15, 0.2) is 48.7 Å². The highest BCUT2D eigenvalue weighted by molar-refractivity contribution is 7.86. The molecule has 0 aliphatic rings. The molecule has 39 heavy (non-hydrogen) atoms. The van der Waals surface area contributed by atoms with Crippen molar-refractivity contribution < 1.29 is 45.1 Å². The molecule has 15 heteroatoms. The molecular weight excluding hydrogens is 545 g/mol. The molecule has 1 aromatic heterocycles. The first-order chi connectivity index (χ1) is 18.2. The van der Waals surface area contributed by atoms with Crippen LogP contribution >= 0.6 is 0 Å². The number of aryl methyl sites for hydroxylation is 1. The summed E-state index contributed by atoms with van der Waals surface area (Å²) in [6, 6.07) is 10.2. The molecule has 11 nitrogen and oxygen atoms in total. The molecule has 0 aliphatic heterocycles. The Morgan fingerprint density at radius 1 is 1.13 bits per heavy atom. The number of imidazole rings is 1. The molecule has 1 atom stereocenters. The van der Waals surface area contributed by atoms with E-state index in [2.05, 4.69) is 10.3 Å². The minimum atomic E-state index is -4.55. The van der Waals surface area contributed by atoms with Crippen LogP contribution in [0.4, 0.5) is 13.2 Å². The maximum atomic E-state index is 12.9. The predicted octanol–water partition coefficient (Wildman–Crippen LogP) is 2.65. The molecule has 0 bridgehead atoms. The minimum Gasteiger partial charge on any atom is -0.507 e. The standard InChI is InChI=1S/C24H27F3N4O7S/c1-31-14-20(24(25,26)27)30-23(31)15-3-5-16(6-4-15)36-11-9-21(38-39(2,34)35)29-10-12-37-17-7-8-19(32)18(13-17)22(28)33/h3-8,13-14,21,29,32H,9-12H2,1-2H3,(H2,28,33). The van der Waals surface area contributed by atoms with Crippen LogP contribution in [-0.2, 0) is 27.5 Å². The third-order valence-corrected chi connectivity index (χ3v) is 5.78. The molecule has 0 saturated carbocycles. The molecule has 3 rings (SSSR count). The van der Waals surface area contributed by atoms with Crippen molar-refractivity contribution in [3.63, 3.8) is 0 Å². The number of phenols is 1. The fourth-order valence-corrected chi connectivity index (χ4v) is 4.03. The average molecular weight is 573 g/mol. The SMILES string of the molecule is Cn1cc(C(F)(F)F)nc1-c1ccc(OCCC(NCCOc2ccc(O)c(C(N)=O)c2)OS(C)(=O)=O)cc1. The highest BCUT2D eigenvalue weighted by Crippen LogP contribution is 2.31. The maximum Gasteiger partial charge on any atom is 0.434 e. The number of primary amides is 1. The lowest BCUT2D eigenvalue weighted by atomic mass is 10.2. The largest absolute Gasteiger partial charge is 0.507 e. The Hall–Kier alpha value is -3.82. The van der Waals surface area contributed by atoms with E-state index in [4.69, 9.17) is 19.4 Å². The topological polar surface area (TPSA) is 155 Å². The molecule has 2 aromatic carbocycles. The van der Waals surface area contributed by atoms with Gasteiger partial charge in [0.05, 0.1) is 18.4 Å². The number of carbonyl (C=O) groups excluding carboxylic acids is 1. The third kappa shape index (κ3) is 8.87. The molecule has 0 spiro atoms. The molecule has 212 valence electrons. The van der Waals surface area contributed by atoms with Gasteiger partial charge < -0.3 is 24.9 Å². The van der Waals surface area contributed by atoms with Crippen molar-refractivity contribution in [1.82, 2.24) is 14.9 Å². The lowest BCUT2D eigenvalue weighted by Gasteiger charge is -2.18. The number of aromatic hydroxyl groups is 1. The third-order valence-electron chi connectivity index (χ3n) is 5.20. The number of halogens is 3. The fraction of sp³-hybridized carbons (Fsp3) is 0.333. The maximum absolute atomic E-state index is 12.9. The number of carbonyl (C=O) groups is 1. The number of benzene rings is 2. The highest BCUT2D eigenvalue weighted by Gasteiger charge is 2.34. The van der Waals surface area contributed by atoms with Gasteiger partial charge in [0, 0.05) is 31.8 Å². The number of hydrogen-bond donors (Lipinski definition) is 3. The Morgan fingerprint density at radius 3 is 2.36 bits per heavy atom. The van der Waals surface area contributed by atoms with E-state index in [-0.39, 0.29) is 49.1 Å². The van der Waals surface area contributed by atoms with Crippen LogP contribution in [0.2, 0.25) is 0 Å². The van der Waals surface area contributed by atoms with Gasteiger partial charge in [-0.15, -0.1) is 0 Å². The first-order valence-electron chi connectivity index (χ1n) is 11.4. The molecule has 1 heterocycles. The first kappa shape index (κ1) is 29.7. The number of ether oxygens (including phenoxy) is 2. The Morgan fingerprint density at radius 2 is 1.77 bits per heavy atom. The van der Waals surface area contributed by atoms with Gasteiger partial charge in [0.2, 0.25) is 0 Å². The van der Waals surface area contributed by atoms with Crippen LogP contribution in [-0.4, -0.2) is 61.2 Å². The van der Waals surface area contributed by atoms with Crippen molar-refractivity contribution in [2.45, 2.75) is 18.8 Å². The van der Waals surface area contributed by atoms with Gasteiger partial charge in [-0.25, -0.2) is 4.98 Å². The number of aromatic nitrogens is 2. The summed E-state index contributed by atoms with van der Waals surface area (Å²) in [5, 5.41) is 12.5. The summed E-state index contributed by atoms with van der Waals surface area (Å²) in [7, 11) is -2.34. The van der Waals surface area contributed by atoms with E-state index < -0.39 is 34.1 Å². The van der Waals surface area contributed by atoms with Gasteiger partial charge in [0.25, 0.3) is 16.0 Å². The summed E-state index contributed by atoms with van der Waals surface area (Å²) < 4.78 is 79.5. The van der Waals surface area contributed by atoms with Gasteiger partial charge in [0.1, 0.15) is 35.9 Å². The fourth-order valence-electron chi connectivity index (χ4n) is 3.44. The van der Waals surface area contributed by atoms with Gasteiger partial charge in [-0.1, -0.05) is 0 Å². The van der Waals surface area contributed by atoms with Crippen LogP contribution in [0, 0.1) is 0 Å². The van der Waals surface area contributed by atoms with Crippen molar-refractivity contribution in [2.24, 2.45) is 12.8 Å². The van der Waals surface area contributed by atoms with Crippen molar-refractivity contribution in [2.75, 3.05) is 26.0 Å². The molecule has 0 saturated heterocycles. The highest BCUT2D eigenvalue weighted by atomic mass is 32.2. The van der Waals surface area contributed by atoms with Crippen LogP contribution in [0.25, 0.3) is 11.4 Å². The van der Waals surface area contributed by atoms with E-state index >= 15 is 0 Å². The normalized spacial score (nSPS) is 12.7. The molecule has 1 unspecified atom stereocenters. The Labute approximate surface area is 222 Å². The molecule has 0 fully saturated rings. The van der Waals surface area contributed by atoms with Crippen LogP contribution in [0.3, 0.4) is 0 Å². The predicted molar refractivity (Wildman–Crippen MR) is 134 cm³/mol. The van der Waals surface area contributed by atoms with Crippen LogP contribution in [0.5, 0.6) is 17.2 Å². The monoisotopic (exact) mass is 572 g/mol. The van der Waals surface area contributed by atoms with E-state index in [0.717, 1.165) is 12.5 Å². The number of hydrogen-bond acceptors (Lipinski definition) is 9. The van der Waals surface area contributed by atoms with Crippen LogP contribution < -0.4 is 20.5 Å². The van der Waals surface area contributed by atoms with Gasteiger partial charge >= 0.3 is 6.18 Å². The Kier molecular flexibility index (Phi) is 9.42. The van der Waals surface area contributed by atoms with Gasteiger partial charge in [-0.05, 0) is 42.5 Å². The lowest BCUT2D eigenvalue weighted by molar-refractivity contribution is -0.140. The molecule has 4 N–H and O–H groups in total. The van der Waals surface area contributed by atoms with Gasteiger partial charge in [-0.3, -0.25) is 14.3 Å². The number of amides is 1. The second kappa shape index (κ2) is 12.4. The summed E-state index contributed by atoms with van der Waals surface area (Å²) in [5.41, 5.74) is 4.55. The van der Waals surface area contributed by atoms with Crippen LogP contribution in [0.1, 0.15) is 22.5 Å². The number of nitrogens with two attached hydrogens (primary N) is 1. The van der Waals surface area contributed by atoms with Gasteiger partial charge in [0.15, 0.2) is 5.69 Å². The summed E-state index contributed by atoms with van der Waals surface area (Å²) in [6.07, 6.45) is -3.57. The molecule has 3 aromatic rings. The Balaban J connectivity index is 1.52. The average Bonchev–Trinajstić information content (AvgIpc) is 3.24. The molecule has 0 radical (unpaired) electrons. The molecular formula is C24H27F3N4O7S. The van der Waals surface area contributed by atoms with Crippen molar-refractivity contribution in [3.8, 4) is 28.6 Å². The number of nitrogens with one attached hydrogen (secondary N) is 1. The second-order valence-corrected chi connectivity index (χ2v) is 9.96. The summed E-state index contributed by atoms with van der Waals surface area (Å²) in [5.74, 6) is -0.282. The number of nitrogens with zero attached hydrogens (tertiary/aromatic N) is 2. The van der Waals surface area contributed by atoms with Crippen molar-refractivity contribution in [3.05, 3.63) is 59.9 Å². The van der Waals surface area contributed by atoms with E-state index in [9.17, 15) is 31.5 Å². The first-order valence-corrected chi connectivity index (χ1v) is 13.3. The smallest absolute Gasteiger partial charge is 0.434 e. The number of alkyl halides is 3. The zero-order valence-electron chi connectivity index (χ0n) is 20.9. The molecule has 1 amide bonds. The van der Waals surface area contributed by atoms with E-state index in [1.54, 1.807) is 24.3 Å². The van der Waals surface area contributed by atoms with Gasteiger partial charge in [-0.2, -0.15) is 21.6 Å². The van der Waals surface area contributed by atoms with Crippen molar-refractivity contribution >= 4 is 16.0 Å². The van der Waals surface area contributed by atoms with E-state index in [0.29, 0.717) is 11.3 Å². The van der Waals surface area contributed by atoms with E-state index in [1.165, 1.54) is 29.8 Å². The molecule has 0 aliphatic carbocycles. The number of rotatable bonds is 13. The zero-order chi connectivity index (χ0) is 28.8. The van der Waals surface area contributed by atoms with Crippen molar-refractivity contribution in [1.29, 1.82) is 0 Å².